The highest BCUT2D eigenvalue weighted by Crippen LogP contribution is 2.56. The molecule has 1 fully saturated rings. The van der Waals surface area contributed by atoms with Crippen LogP contribution in [-0.2, 0) is 0 Å². The molecule has 8 heavy (non-hydrogen) atoms. The van der Waals surface area contributed by atoms with Crippen molar-refractivity contribution in [2.45, 2.75) is 16.6 Å². The van der Waals surface area contributed by atoms with Gasteiger partial charge in [0.2, 0.25) is 0 Å². The van der Waals surface area contributed by atoms with E-state index in [2.05, 4.69) is 50.9 Å². The van der Waals surface area contributed by atoms with Crippen molar-refractivity contribution in [1.29, 1.82) is 0 Å². The summed E-state index contributed by atoms with van der Waals surface area (Å²) in [5.74, 6) is 0.715. The molecule has 1 saturated carbocycles. The Hall–Kier alpha value is 0.700. The zero-order valence-corrected chi connectivity index (χ0v) is 7.87. The SMILES string of the molecule is CC=CC1CC1(Br)Br. The summed E-state index contributed by atoms with van der Waals surface area (Å²) in [6, 6.07) is 0. The van der Waals surface area contributed by atoms with Crippen molar-refractivity contribution in [3.63, 3.8) is 0 Å². The summed E-state index contributed by atoms with van der Waals surface area (Å²) in [7, 11) is 0. The predicted molar refractivity (Wildman–Crippen MR) is 43.5 cm³/mol. The van der Waals surface area contributed by atoms with Gasteiger partial charge in [0.15, 0.2) is 0 Å². The standard InChI is InChI=1S/C6H8Br2/c1-2-3-5-4-6(5,7)8/h2-3,5H,4H2,1H3. The Morgan fingerprint density at radius 1 is 1.62 bits per heavy atom. The Morgan fingerprint density at radius 2 is 2.12 bits per heavy atom. The normalized spacial score (nSPS) is 33.6. The van der Waals surface area contributed by atoms with Crippen LogP contribution in [-0.4, -0.2) is 3.23 Å². The highest BCUT2D eigenvalue weighted by atomic mass is 79.9. The number of hydrogen-bond acceptors (Lipinski definition) is 0. The van der Waals surface area contributed by atoms with Crippen LogP contribution >= 0.6 is 31.9 Å². The molecule has 0 aromatic heterocycles. The fraction of sp³-hybridized carbons (Fsp3) is 0.667. The maximum absolute atomic E-state index is 3.52. The molecule has 0 aromatic carbocycles. The van der Waals surface area contributed by atoms with Gasteiger partial charge < -0.3 is 0 Å². The average Bonchev–Trinajstić information content (AvgIpc) is 2.15. The van der Waals surface area contributed by atoms with Crippen LogP contribution in [0.5, 0.6) is 0 Å². The van der Waals surface area contributed by atoms with Crippen LogP contribution in [0.1, 0.15) is 13.3 Å². The van der Waals surface area contributed by atoms with Gasteiger partial charge in [-0.2, -0.15) is 0 Å². The summed E-state index contributed by atoms with van der Waals surface area (Å²) in [6.45, 7) is 2.05. The van der Waals surface area contributed by atoms with Crippen molar-refractivity contribution >= 4 is 31.9 Å². The molecule has 2 heteroatoms. The molecule has 1 aliphatic rings. The Labute approximate surface area is 66.6 Å². The summed E-state index contributed by atoms with van der Waals surface area (Å²) in [5, 5.41) is 0. The minimum atomic E-state index is 0.256. The van der Waals surface area contributed by atoms with Crippen LogP contribution in [0.2, 0.25) is 0 Å². The Morgan fingerprint density at radius 3 is 2.25 bits per heavy atom. The summed E-state index contributed by atoms with van der Waals surface area (Å²) < 4.78 is 0.256. The summed E-state index contributed by atoms with van der Waals surface area (Å²) in [4.78, 5) is 0. The Balaban J connectivity index is 2.37. The number of alkyl halides is 2. The second-order valence-electron chi connectivity index (χ2n) is 2.10. The van der Waals surface area contributed by atoms with Gasteiger partial charge in [0.1, 0.15) is 0 Å². The van der Waals surface area contributed by atoms with E-state index < -0.39 is 0 Å². The lowest BCUT2D eigenvalue weighted by atomic mass is 10.4. The van der Waals surface area contributed by atoms with E-state index in [1.54, 1.807) is 0 Å². The van der Waals surface area contributed by atoms with Crippen LogP contribution in [0.4, 0.5) is 0 Å². The van der Waals surface area contributed by atoms with Crippen molar-refractivity contribution in [2.75, 3.05) is 0 Å². The molecule has 0 nitrogen and oxygen atoms in total. The fourth-order valence-electron chi connectivity index (χ4n) is 0.675. The summed E-state index contributed by atoms with van der Waals surface area (Å²) >= 11 is 7.04. The molecule has 1 unspecified atom stereocenters. The second-order valence-corrected chi connectivity index (χ2v) is 5.99. The molecule has 0 bridgehead atoms. The molecular formula is C6H8Br2. The molecule has 0 N–H and O–H groups in total. The molecule has 1 rings (SSSR count). The van der Waals surface area contributed by atoms with Gasteiger partial charge in [-0.1, -0.05) is 44.0 Å². The molecule has 1 aliphatic carbocycles. The van der Waals surface area contributed by atoms with Gasteiger partial charge in [0, 0.05) is 5.92 Å². The van der Waals surface area contributed by atoms with Crippen LogP contribution in [0, 0.1) is 5.92 Å². The van der Waals surface area contributed by atoms with Crippen LogP contribution in [0.25, 0.3) is 0 Å². The van der Waals surface area contributed by atoms with E-state index in [9.17, 15) is 0 Å². The fourth-order valence-corrected chi connectivity index (χ4v) is 1.68. The van der Waals surface area contributed by atoms with E-state index in [4.69, 9.17) is 0 Å². The van der Waals surface area contributed by atoms with Gasteiger partial charge in [-0.15, -0.1) is 0 Å². The van der Waals surface area contributed by atoms with Gasteiger partial charge in [-0.3, -0.25) is 0 Å². The van der Waals surface area contributed by atoms with Gasteiger partial charge in [0.05, 0.1) is 3.23 Å². The van der Waals surface area contributed by atoms with E-state index >= 15 is 0 Å². The van der Waals surface area contributed by atoms with E-state index in [1.807, 2.05) is 0 Å². The lowest BCUT2D eigenvalue weighted by Crippen LogP contribution is -1.81. The van der Waals surface area contributed by atoms with Gasteiger partial charge in [-0.25, -0.2) is 0 Å². The third kappa shape index (κ3) is 1.35. The third-order valence-electron chi connectivity index (χ3n) is 1.30. The van der Waals surface area contributed by atoms with E-state index in [0.29, 0.717) is 5.92 Å². The smallest absolute Gasteiger partial charge is 0.0875 e. The molecule has 0 aromatic rings. The zero-order chi connectivity index (χ0) is 6.20. The molecule has 0 amide bonds. The molecular weight excluding hydrogens is 232 g/mol. The molecule has 0 heterocycles. The maximum Gasteiger partial charge on any atom is 0.0875 e. The topological polar surface area (TPSA) is 0 Å². The minimum Gasteiger partial charge on any atom is -0.0913 e. The van der Waals surface area contributed by atoms with Crippen LogP contribution in [0.3, 0.4) is 0 Å². The second kappa shape index (κ2) is 2.14. The van der Waals surface area contributed by atoms with Crippen molar-refractivity contribution in [2.24, 2.45) is 5.92 Å². The first-order valence-electron chi connectivity index (χ1n) is 2.67. The summed E-state index contributed by atoms with van der Waals surface area (Å²) in [5.41, 5.74) is 0. The lowest BCUT2D eigenvalue weighted by molar-refractivity contribution is 1.12. The summed E-state index contributed by atoms with van der Waals surface area (Å²) in [6.07, 6.45) is 5.52. The quantitative estimate of drug-likeness (QED) is 0.488. The molecule has 46 valence electrons. The third-order valence-corrected chi connectivity index (χ3v) is 3.12. The van der Waals surface area contributed by atoms with Crippen molar-refractivity contribution < 1.29 is 0 Å². The lowest BCUT2D eigenvalue weighted by Gasteiger charge is -1.89. The van der Waals surface area contributed by atoms with Crippen molar-refractivity contribution in [3.8, 4) is 0 Å². The Kier molecular flexibility index (Phi) is 1.83. The van der Waals surface area contributed by atoms with Gasteiger partial charge in [0.25, 0.3) is 0 Å². The number of hydrogen-bond donors (Lipinski definition) is 0. The van der Waals surface area contributed by atoms with Crippen molar-refractivity contribution in [1.82, 2.24) is 0 Å². The minimum absolute atomic E-state index is 0.256. The van der Waals surface area contributed by atoms with Crippen LogP contribution < -0.4 is 0 Å². The maximum atomic E-state index is 3.52. The van der Waals surface area contributed by atoms with E-state index in [-0.39, 0.29) is 3.23 Å². The first-order chi connectivity index (χ1) is 3.67. The van der Waals surface area contributed by atoms with Crippen molar-refractivity contribution in [3.05, 3.63) is 12.2 Å². The first-order valence-corrected chi connectivity index (χ1v) is 4.26. The number of halogens is 2. The molecule has 0 saturated heterocycles. The molecule has 0 spiro atoms. The predicted octanol–water partition coefficient (Wildman–Crippen LogP) is 3.07. The highest BCUT2D eigenvalue weighted by Gasteiger charge is 2.48. The van der Waals surface area contributed by atoms with Gasteiger partial charge in [-0.05, 0) is 13.3 Å². The van der Waals surface area contributed by atoms with E-state index in [0.717, 1.165) is 0 Å². The molecule has 0 aliphatic heterocycles. The first kappa shape index (κ1) is 6.81. The zero-order valence-electron chi connectivity index (χ0n) is 4.70. The average molecular weight is 240 g/mol. The number of rotatable bonds is 1. The Bertz CT molecular complexity index is 116. The largest absolute Gasteiger partial charge is 0.0913 e. The number of allylic oxidation sites excluding steroid dienone is 2. The van der Waals surface area contributed by atoms with E-state index in [1.165, 1.54) is 6.42 Å². The van der Waals surface area contributed by atoms with Gasteiger partial charge >= 0.3 is 0 Å². The monoisotopic (exact) mass is 238 g/mol. The van der Waals surface area contributed by atoms with Crippen LogP contribution in [0.15, 0.2) is 12.2 Å². The molecule has 1 atom stereocenters. The molecule has 0 radical (unpaired) electrons. The highest BCUT2D eigenvalue weighted by molar-refractivity contribution is 9.25.